The number of nitrogens with zero attached hydrogens (tertiary/aromatic N) is 3. The summed E-state index contributed by atoms with van der Waals surface area (Å²) < 4.78 is 19.2. The molecule has 7 heteroatoms. The van der Waals surface area contributed by atoms with Crippen LogP contribution >= 0.6 is 0 Å². The van der Waals surface area contributed by atoms with Crippen LogP contribution in [0.25, 0.3) is 11.0 Å². The van der Waals surface area contributed by atoms with Gasteiger partial charge in [0.15, 0.2) is 11.5 Å². The molecule has 1 amide bonds. The number of ether oxygens (including phenoxy) is 3. The number of imidazole rings is 1. The first kappa shape index (κ1) is 23.7. The highest BCUT2D eigenvalue weighted by Crippen LogP contribution is 2.34. The van der Waals surface area contributed by atoms with Gasteiger partial charge in [0.25, 0.3) is 0 Å². The molecule has 2 heterocycles. The highest BCUT2D eigenvalue weighted by Gasteiger charge is 2.34. The number of carbonyl (C=O) groups is 1. The van der Waals surface area contributed by atoms with Crippen LogP contribution in [0.5, 0.6) is 17.2 Å². The maximum Gasteiger partial charge on any atom is 0.227 e. The van der Waals surface area contributed by atoms with Crippen molar-refractivity contribution in [1.82, 2.24) is 9.55 Å². The summed E-state index contributed by atoms with van der Waals surface area (Å²) in [5, 5.41) is 0. The standard InChI is InChI=1S/C29H31N3O4/c1-3-35-23-15-13-22(14-16-23)32-20-21(19-28(32)33)29-30-24-9-4-5-10-25(24)31(29)17-8-18-36-27-12-7-6-11-26(27)34-2/h4-7,9-16,21H,3,8,17-20H2,1-2H3/t21-/m0/s1. The van der Waals surface area contributed by atoms with Crippen LogP contribution in [-0.4, -0.2) is 42.3 Å². The van der Waals surface area contributed by atoms with E-state index >= 15 is 0 Å². The first-order valence-corrected chi connectivity index (χ1v) is 12.4. The minimum atomic E-state index is 0.0200. The molecular formula is C29H31N3O4. The van der Waals surface area contributed by atoms with Crippen molar-refractivity contribution in [3.05, 3.63) is 78.6 Å². The minimum absolute atomic E-state index is 0.0200. The summed E-state index contributed by atoms with van der Waals surface area (Å²) >= 11 is 0. The Kier molecular flexibility index (Phi) is 7.07. The molecule has 0 radical (unpaired) electrons. The van der Waals surface area contributed by atoms with Gasteiger partial charge < -0.3 is 23.7 Å². The average molecular weight is 486 g/mol. The van der Waals surface area contributed by atoms with E-state index in [2.05, 4.69) is 10.6 Å². The van der Waals surface area contributed by atoms with E-state index in [9.17, 15) is 4.79 Å². The molecule has 1 aromatic heterocycles. The van der Waals surface area contributed by atoms with Crippen LogP contribution in [0.2, 0.25) is 0 Å². The highest BCUT2D eigenvalue weighted by atomic mass is 16.5. The van der Waals surface area contributed by atoms with E-state index in [1.807, 2.05) is 78.6 Å². The number of aromatic nitrogens is 2. The van der Waals surface area contributed by atoms with Crippen LogP contribution in [-0.2, 0) is 11.3 Å². The molecule has 5 rings (SSSR count). The number of para-hydroxylation sites is 4. The fourth-order valence-corrected chi connectivity index (χ4v) is 4.80. The second kappa shape index (κ2) is 10.7. The van der Waals surface area contributed by atoms with Crippen LogP contribution in [0.4, 0.5) is 5.69 Å². The number of fused-ring (bicyclic) bond motifs is 1. The van der Waals surface area contributed by atoms with Crippen LogP contribution < -0.4 is 19.1 Å². The summed E-state index contributed by atoms with van der Waals surface area (Å²) in [7, 11) is 1.64. The van der Waals surface area contributed by atoms with Gasteiger partial charge >= 0.3 is 0 Å². The minimum Gasteiger partial charge on any atom is -0.494 e. The summed E-state index contributed by atoms with van der Waals surface area (Å²) in [5.41, 5.74) is 2.92. The van der Waals surface area contributed by atoms with Gasteiger partial charge in [0.05, 0.1) is 31.4 Å². The number of rotatable bonds is 10. The average Bonchev–Trinajstić information content (AvgIpc) is 3.48. The molecule has 1 aliphatic rings. The van der Waals surface area contributed by atoms with E-state index in [4.69, 9.17) is 19.2 Å². The molecule has 36 heavy (non-hydrogen) atoms. The predicted octanol–water partition coefficient (Wildman–Crippen LogP) is 5.43. The maximum absolute atomic E-state index is 13.0. The van der Waals surface area contributed by atoms with Crippen molar-refractivity contribution in [3.8, 4) is 17.2 Å². The Balaban J connectivity index is 1.32. The van der Waals surface area contributed by atoms with Gasteiger partial charge in [-0.25, -0.2) is 4.98 Å². The summed E-state index contributed by atoms with van der Waals surface area (Å²) in [6, 6.07) is 23.5. The monoisotopic (exact) mass is 485 g/mol. The van der Waals surface area contributed by atoms with Crippen molar-refractivity contribution >= 4 is 22.6 Å². The lowest BCUT2D eigenvalue weighted by atomic mass is 10.1. The zero-order valence-electron chi connectivity index (χ0n) is 20.7. The van der Waals surface area contributed by atoms with Crippen LogP contribution in [0.3, 0.4) is 0 Å². The van der Waals surface area contributed by atoms with Crippen LogP contribution in [0.15, 0.2) is 72.8 Å². The smallest absolute Gasteiger partial charge is 0.227 e. The third-order valence-corrected chi connectivity index (χ3v) is 6.49. The van der Waals surface area contributed by atoms with Crippen molar-refractivity contribution in [3.63, 3.8) is 0 Å². The summed E-state index contributed by atoms with van der Waals surface area (Å²) in [6.07, 6.45) is 1.24. The molecule has 1 atom stereocenters. The Hall–Kier alpha value is -4.00. The molecule has 0 bridgehead atoms. The lowest BCUT2D eigenvalue weighted by Crippen LogP contribution is -2.24. The molecule has 7 nitrogen and oxygen atoms in total. The van der Waals surface area contributed by atoms with Gasteiger partial charge in [-0.1, -0.05) is 24.3 Å². The first-order valence-electron chi connectivity index (χ1n) is 12.4. The second-order valence-corrected chi connectivity index (χ2v) is 8.80. The van der Waals surface area contributed by atoms with E-state index < -0.39 is 0 Å². The molecule has 0 saturated carbocycles. The summed E-state index contributed by atoms with van der Waals surface area (Å²) in [5.74, 6) is 3.36. The Morgan fingerprint density at radius 3 is 2.47 bits per heavy atom. The molecule has 0 spiro atoms. The molecule has 1 aliphatic heterocycles. The predicted molar refractivity (Wildman–Crippen MR) is 140 cm³/mol. The molecule has 1 saturated heterocycles. The van der Waals surface area contributed by atoms with E-state index in [1.54, 1.807) is 7.11 Å². The Bertz CT molecular complexity index is 1330. The Labute approximate surface area is 211 Å². The molecular weight excluding hydrogens is 454 g/mol. The molecule has 3 aromatic carbocycles. The van der Waals surface area contributed by atoms with E-state index in [1.165, 1.54) is 0 Å². The van der Waals surface area contributed by atoms with Gasteiger partial charge in [-0.05, 0) is 61.9 Å². The molecule has 186 valence electrons. The van der Waals surface area contributed by atoms with Gasteiger partial charge in [0.2, 0.25) is 5.91 Å². The normalized spacial score (nSPS) is 15.4. The topological polar surface area (TPSA) is 65.8 Å². The van der Waals surface area contributed by atoms with Gasteiger partial charge in [-0.3, -0.25) is 4.79 Å². The largest absolute Gasteiger partial charge is 0.494 e. The number of aryl methyl sites for hydroxylation is 1. The van der Waals surface area contributed by atoms with Crippen molar-refractivity contribution in [2.24, 2.45) is 0 Å². The molecule has 0 N–H and O–H groups in total. The lowest BCUT2D eigenvalue weighted by molar-refractivity contribution is -0.117. The number of amides is 1. The highest BCUT2D eigenvalue weighted by molar-refractivity contribution is 5.96. The fraction of sp³-hybridized carbons (Fsp3) is 0.310. The van der Waals surface area contributed by atoms with E-state index in [-0.39, 0.29) is 11.8 Å². The van der Waals surface area contributed by atoms with Crippen LogP contribution in [0.1, 0.15) is 31.5 Å². The Morgan fingerprint density at radius 1 is 0.944 bits per heavy atom. The van der Waals surface area contributed by atoms with Gasteiger partial charge in [-0.15, -0.1) is 0 Å². The second-order valence-electron chi connectivity index (χ2n) is 8.80. The van der Waals surface area contributed by atoms with E-state index in [0.717, 1.165) is 52.8 Å². The quantitative estimate of drug-likeness (QED) is 0.280. The zero-order valence-corrected chi connectivity index (χ0v) is 20.7. The summed E-state index contributed by atoms with van der Waals surface area (Å²) in [6.45, 7) is 4.48. The van der Waals surface area contributed by atoms with Crippen molar-refractivity contribution in [2.75, 3.05) is 31.8 Å². The van der Waals surface area contributed by atoms with Gasteiger partial charge in [0.1, 0.15) is 11.6 Å². The lowest BCUT2D eigenvalue weighted by Gasteiger charge is -2.18. The zero-order chi connectivity index (χ0) is 24.9. The van der Waals surface area contributed by atoms with Gasteiger partial charge in [0, 0.05) is 31.1 Å². The third-order valence-electron chi connectivity index (χ3n) is 6.49. The SMILES string of the molecule is CCOc1ccc(N2C[C@@H](c3nc4ccccc4n3CCCOc3ccccc3OC)CC2=O)cc1. The van der Waals surface area contributed by atoms with Crippen LogP contribution in [0, 0.1) is 0 Å². The fourth-order valence-electron chi connectivity index (χ4n) is 4.80. The van der Waals surface area contributed by atoms with Crippen molar-refractivity contribution in [1.29, 1.82) is 0 Å². The number of hydrogen-bond acceptors (Lipinski definition) is 5. The molecule has 0 unspecified atom stereocenters. The maximum atomic E-state index is 13.0. The molecule has 0 aliphatic carbocycles. The number of benzene rings is 3. The van der Waals surface area contributed by atoms with Crippen molar-refractivity contribution in [2.45, 2.75) is 32.2 Å². The number of carbonyl (C=O) groups excluding carboxylic acids is 1. The number of methoxy groups -OCH3 is 1. The van der Waals surface area contributed by atoms with Gasteiger partial charge in [-0.2, -0.15) is 0 Å². The Morgan fingerprint density at radius 2 is 1.69 bits per heavy atom. The van der Waals surface area contributed by atoms with Crippen molar-refractivity contribution < 1.29 is 19.0 Å². The number of anilines is 1. The van der Waals surface area contributed by atoms with E-state index in [0.29, 0.717) is 26.2 Å². The molecule has 1 fully saturated rings. The summed E-state index contributed by atoms with van der Waals surface area (Å²) in [4.78, 5) is 19.8. The third kappa shape index (κ3) is 4.87. The number of hydrogen-bond donors (Lipinski definition) is 0. The first-order chi connectivity index (χ1) is 17.7. The molecule has 4 aromatic rings.